The second-order valence-electron chi connectivity index (χ2n) is 7.13. The van der Waals surface area contributed by atoms with Gasteiger partial charge in [0, 0.05) is 17.1 Å². The zero-order chi connectivity index (χ0) is 22.7. The summed E-state index contributed by atoms with van der Waals surface area (Å²) in [6.07, 6.45) is 1.79. The number of rotatable bonds is 8. The van der Waals surface area contributed by atoms with Gasteiger partial charge in [-0.15, -0.1) is 10.2 Å². The van der Waals surface area contributed by atoms with Crippen molar-refractivity contribution in [3.05, 3.63) is 64.0 Å². The molecule has 0 spiro atoms. The highest BCUT2D eigenvalue weighted by Crippen LogP contribution is 2.35. The molecule has 4 aromatic rings. The topological polar surface area (TPSA) is 75.5 Å². The Hall–Kier alpha value is -3.39. The van der Waals surface area contributed by atoms with Gasteiger partial charge in [-0.3, -0.25) is 4.79 Å². The second-order valence-corrected chi connectivity index (χ2v) is 8.14. The van der Waals surface area contributed by atoms with Crippen molar-refractivity contribution in [2.75, 3.05) is 20.3 Å². The average molecular weight is 452 g/mol. The first-order valence-electron chi connectivity index (χ1n) is 10.5. The summed E-state index contributed by atoms with van der Waals surface area (Å²) < 4.78 is 18.3. The quantitative estimate of drug-likeness (QED) is 0.378. The van der Waals surface area contributed by atoms with Gasteiger partial charge in [0.05, 0.1) is 26.4 Å². The van der Waals surface area contributed by atoms with Crippen LogP contribution in [0.5, 0.6) is 17.2 Å². The molecular weight excluding hydrogens is 426 g/mol. The molecule has 1 unspecified atom stereocenters. The molecular formula is C24H25N3O4S. The number of nitrogens with zero attached hydrogens (tertiary/aromatic N) is 3. The lowest BCUT2D eigenvalue weighted by atomic mass is 10.1. The highest BCUT2D eigenvalue weighted by molar-refractivity contribution is 7.14. The van der Waals surface area contributed by atoms with E-state index >= 15 is 0 Å². The molecule has 0 radical (unpaired) electrons. The summed E-state index contributed by atoms with van der Waals surface area (Å²) in [6, 6.07) is 12.8. The minimum absolute atomic E-state index is 0.0749. The first-order valence-corrected chi connectivity index (χ1v) is 11.3. The van der Waals surface area contributed by atoms with Crippen LogP contribution in [0, 0.1) is 0 Å². The Labute approximate surface area is 190 Å². The Morgan fingerprint density at radius 3 is 2.53 bits per heavy atom. The minimum atomic E-state index is -0.255. The van der Waals surface area contributed by atoms with Crippen LogP contribution in [-0.4, -0.2) is 35.1 Å². The summed E-state index contributed by atoms with van der Waals surface area (Å²) in [5, 5.41) is 11.7. The molecule has 32 heavy (non-hydrogen) atoms. The van der Waals surface area contributed by atoms with Crippen LogP contribution in [0.2, 0.25) is 0 Å². The first-order chi connectivity index (χ1) is 15.5. The molecule has 0 N–H and O–H groups in total. The van der Waals surface area contributed by atoms with Crippen LogP contribution in [0.25, 0.3) is 21.3 Å². The van der Waals surface area contributed by atoms with Crippen molar-refractivity contribution in [2.24, 2.45) is 0 Å². The van der Waals surface area contributed by atoms with Gasteiger partial charge in [-0.25, -0.2) is 0 Å². The summed E-state index contributed by atoms with van der Waals surface area (Å²) in [5.41, 5.74) is 0.819. The third kappa shape index (κ3) is 4.18. The van der Waals surface area contributed by atoms with Gasteiger partial charge in [0.15, 0.2) is 11.5 Å². The zero-order valence-corrected chi connectivity index (χ0v) is 19.3. The Morgan fingerprint density at radius 2 is 1.78 bits per heavy atom. The molecule has 2 aromatic heterocycles. The Balaban J connectivity index is 1.66. The van der Waals surface area contributed by atoms with Crippen LogP contribution >= 0.6 is 11.3 Å². The van der Waals surface area contributed by atoms with Crippen LogP contribution in [0.4, 0.5) is 0 Å². The molecule has 0 saturated heterocycles. The van der Waals surface area contributed by atoms with Crippen molar-refractivity contribution >= 4 is 22.1 Å². The van der Waals surface area contributed by atoms with Gasteiger partial charge in [-0.1, -0.05) is 11.3 Å². The van der Waals surface area contributed by atoms with Gasteiger partial charge in [0.1, 0.15) is 15.8 Å². The number of fused-ring (bicyclic) bond motifs is 1. The van der Waals surface area contributed by atoms with Gasteiger partial charge >= 0.3 is 0 Å². The number of ether oxygens (including phenoxy) is 3. The average Bonchev–Trinajstić information content (AvgIpc) is 3.30. The van der Waals surface area contributed by atoms with Crippen molar-refractivity contribution < 1.29 is 14.2 Å². The summed E-state index contributed by atoms with van der Waals surface area (Å²) in [7, 11) is 1.61. The summed E-state index contributed by atoms with van der Waals surface area (Å²) in [4.78, 5) is 13.1. The standard InChI is InChI=1S/C24H25N3O4S/c1-5-30-20-10-7-17(14-21(20)31-6-2)23-26-25-22(32-23)15(3)27-12-11-16-13-18(29-4)8-9-19(16)24(27)28/h7-15H,5-6H2,1-4H3. The second kappa shape index (κ2) is 9.40. The van der Waals surface area contributed by atoms with Crippen molar-refractivity contribution in [2.45, 2.75) is 26.8 Å². The van der Waals surface area contributed by atoms with Crippen LogP contribution in [0.15, 0.2) is 53.5 Å². The molecule has 0 aliphatic heterocycles. The Kier molecular flexibility index (Phi) is 6.41. The van der Waals surface area contributed by atoms with Gasteiger partial charge in [0.2, 0.25) is 0 Å². The number of hydrogen-bond donors (Lipinski definition) is 0. The molecule has 7 nitrogen and oxygen atoms in total. The SMILES string of the molecule is CCOc1ccc(-c2nnc(C(C)n3ccc4cc(OC)ccc4c3=O)s2)cc1OCC. The Morgan fingerprint density at radius 1 is 1.00 bits per heavy atom. The van der Waals surface area contributed by atoms with E-state index in [2.05, 4.69) is 10.2 Å². The number of aromatic nitrogens is 3. The lowest BCUT2D eigenvalue weighted by Gasteiger charge is -2.13. The normalized spacial score (nSPS) is 12.0. The number of methoxy groups -OCH3 is 1. The van der Waals surface area contributed by atoms with E-state index in [-0.39, 0.29) is 11.6 Å². The van der Waals surface area contributed by atoms with Crippen molar-refractivity contribution in [3.63, 3.8) is 0 Å². The van der Waals surface area contributed by atoms with E-state index in [1.54, 1.807) is 30.0 Å². The molecule has 4 rings (SSSR count). The maximum atomic E-state index is 13.1. The monoisotopic (exact) mass is 451 g/mol. The highest BCUT2D eigenvalue weighted by atomic mass is 32.1. The fourth-order valence-electron chi connectivity index (χ4n) is 3.50. The minimum Gasteiger partial charge on any atom is -0.497 e. The molecule has 8 heteroatoms. The van der Waals surface area contributed by atoms with E-state index in [4.69, 9.17) is 14.2 Å². The lowest BCUT2D eigenvalue weighted by Crippen LogP contribution is -2.23. The van der Waals surface area contributed by atoms with E-state index in [9.17, 15) is 4.79 Å². The summed E-state index contributed by atoms with van der Waals surface area (Å²) in [5.74, 6) is 2.10. The molecule has 2 heterocycles. The van der Waals surface area contributed by atoms with E-state index in [0.717, 1.165) is 26.7 Å². The number of benzene rings is 2. The fraction of sp³-hybridized carbons (Fsp3) is 0.292. The maximum Gasteiger partial charge on any atom is 0.259 e. The van der Waals surface area contributed by atoms with Crippen LogP contribution in [-0.2, 0) is 0 Å². The molecule has 2 aromatic carbocycles. The number of pyridine rings is 1. The molecule has 0 amide bonds. The molecule has 0 fully saturated rings. The van der Waals surface area contributed by atoms with Gasteiger partial charge in [0.25, 0.3) is 5.56 Å². The van der Waals surface area contributed by atoms with Crippen molar-refractivity contribution in [1.29, 1.82) is 0 Å². The molecule has 0 aliphatic rings. The van der Waals surface area contributed by atoms with E-state index in [1.165, 1.54) is 11.3 Å². The van der Waals surface area contributed by atoms with E-state index in [0.29, 0.717) is 30.1 Å². The van der Waals surface area contributed by atoms with Crippen LogP contribution < -0.4 is 19.8 Å². The van der Waals surface area contributed by atoms with Gasteiger partial charge < -0.3 is 18.8 Å². The lowest BCUT2D eigenvalue weighted by molar-refractivity contribution is 0.288. The smallest absolute Gasteiger partial charge is 0.259 e. The predicted molar refractivity (Wildman–Crippen MR) is 126 cm³/mol. The molecule has 0 bridgehead atoms. The van der Waals surface area contributed by atoms with Crippen LogP contribution in [0.3, 0.4) is 0 Å². The Bertz CT molecular complexity index is 1300. The van der Waals surface area contributed by atoms with Crippen molar-refractivity contribution in [1.82, 2.24) is 14.8 Å². The summed E-state index contributed by atoms with van der Waals surface area (Å²) in [6.45, 7) is 6.93. The largest absolute Gasteiger partial charge is 0.497 e. The van der Waals surface area contributed by atoms with Crippen LogP contribution in [0.1, 0.15) is 31.8 Å². The summed E-state index contributed by atoms with van der Waals surface area (Å²) >= 11 is 1.46. The highest BCUT2D eigenvalue weighted by Gasteiger charge is 2.18. The van der Waals surface area contributed by atoms with E-state index in [1.807, 2.05) is 51.1 Å². The fourth-order valence-corrected chi connectivity index (χ4v) is 4.39. The molecule has 1 atom stereocenters. The predicted octanol–water partition coefficient (Wildman–Crippen LogP) is 4.94. The maximum absolute atomic E-state index is 13.1. The molecule has 0 aliphatic carbocycles. The van der Waals surface area contributed by atoms with E-state index < -0.39 is 0 Å². The molecule has 166 valence electrons. The van der Waals surface area contributed by atoms with Gasteiger partial charge in [-0.05, 0) is 68.6 Å². The zero-order valence-electron chi connectivity index (χ0n) is 18.5. The number of hydrogen-bond acceptors (Lipinski definition) is 7. The van der Waals surface area contributed by atoms with Gasteiger partial charge in [-0.2, -0.15) is 0 Å². The third-order valence-corrected chi connectivity index (χ3v) is 6.29. The first kappa shape index (κ1) is 21.8. The third-order valence-electron chi connectivity index (χ3n) is 5.14. The molecule has 0 saturated carbocycles. The van der Waals surface area contributed by atoms with Crippen molar-refractivity contribution in [3.8, 4) is 27.8 Å².